The van der Waals surface area contributed by atoms with Gasteiger partial charge in [0.1, 0.15) is 10.5 Å². The van der Waals surface area contributed by atoms with Crippen molar-refractivity contribution < 1.29 is 13.2 Å². The normalized spacial score (nSPS) is 11.1. The molecule has 7 nitrogen and oxygen atoms in total. The van der Waals surface area contributed by atoms with Gasteiger partial charge in [-0.1, -0.05) is 12.1 Å². The van der Waals surface area contributed by atoms with Crippen LogP contribution >= 0.6 is 0 Å². The summed E-state index contributed by atoms with van der Waals surface area (Å²) in [6.45, 7) is 0. The third kappa shape index (κ3) is 3.18. The number of aromatic nitrogens is 1. The molecule has 0 unspecified atom stereocenters. The molecule has 0 aliphatic carbocycles. The summed E-state index contributed by atoms with van der Waals surface area (Å²) in [5.74, 6) is -0.685. The van der Waals surface area contributed by atoms with Gasteiger partial charge in [0.05, 0.1) is 5.69 Å². The monoisotopic (exact) mass is 307 g/mol. The van der Waals surface area contributed by atoms with Gasteiger partial charge >= 0.3 is 0 Å². The minimum absolute atomic E-state index is 0.0757. The molecular weight excluding hydrogens is 294 g/mol. The fourth-order valence-electron chi connectivity index (χ4n) is 1.70. The predicted molar refractivity (Wildman–Crippen MR) is 77.7 cm³/mol. The lowest BCUT2D eigenvalue weighted by Gasteiger charge is -2.10. The van der Waals surface area contributed by atoms with Gasteiger partial charge in [-0.05, 0) is 19.2 Å². The van der Waals surface area contributed by atoms with Gasteiger partial charge in [-0.3, -0.25) is 9.59 Å². The number of sulfonamides is 1. The van der Waals surface area contributed by atoms with Crippen LogP contribution in [0.25, 0.3) is 0 Å². The van der Waals surface area contributed by atoms with E-state index >= 15 is 0 Å². The zero-order valence-corrected chi connectivity index (χ0v) is 11.9. The Balaban J connectivity index is 2.40. The standard InChI is InChI=1S/C13H13N3O4S/c1-14-21(19,20)12-5-3-2-4-10(12)16-13(18)9-8-15-7-6-11(9)17/h2-8,14H,1H3,(H,15,17)(H,16,18). The first-order valence-corrected chi connectivity index (χ1v) is 7.45. The Bertz CT molecular complexity index is 827. The molecule has 0 atom stereocenters. The molecule has 1 aromatic carbocycles. The molecule has 0 bridgehead atoms. The number of hydrogen-bond donors (Lipinski definition) is 3. The molecule has 1 heterocycles. The van der Waals surface area contributed by atoms with E-state index in [1.54, 1.807) is 6.07 Å². The lowest BCUT2D eigenvalue weighted by atomic mass is 10.2. The third-order valence-electron chi connectivity index (χ3n) is 2.76. The van der Waals surface area contributed by atoms with Gasteiger partial charge in [-0.2, -0.15) is 0 Å². The lowest BCUT2D eigenvalue weighted by Crippen LogP contribution is -2.24. The Morgan fingerprint density at radius 1 is 1.19 bits per heavy atom. The van der Waals surface area contributed by atoms with E-state index < -0.39 is 21.4 Å². The van der Waals surface area contributed by atoms with E-state index in [9.17, 15) is 18.0 Å². The molecule has 21 heavy (non-hydrogen) atoms. The maximum atomic E-state index is 12.1. The Morgan fingerprint density at radius 2 is 1.90 bits per heavy atom. The van der Waals surface area contributed by atoms with Crippen molar-refractivity contribution in [3.05, 3.63) is 58.5 Å². The van der Waals surface area contributed by atoms with E-state index in [1.165, 1.54) is 43.7 Å². The quantitative estimate of drug-likeness (QED) is 0.766. The summed E-state index contributed by atoms with van der Waals surface area (Å²) < 4.78 is 25.9. The van der Waals surface area contributed by atoms with Crippen molar-refractivity contribution in [3.63, 3.8) is 0 Å². The molecule has 2 rings (SSSR count). The number of rotatable bonds is 4. The van der Waals surface area contributed by atoms with Gasteiger partial charge < -0.3 is 10.3 Å². The Hall–Kier alpha value is -2.45. The van der Waals surface area contributed by atoms with Crippen LogP contribution in [0.3, 0.4) is 0 Å². The van der Waals surface area contributed by atoms with Gasteiger partial charge in [-0.25, -0.2) is 13.1 Å². The van der Waals surface area contributed by atoms with Crippen LogP contribution in [-0.2, 0) is 10.0 Å². The number of H-pyrrole nitrogens is 1. The largest absolute Gasteiger partial charge is 0.367 e. The van der Waals surface area contributed by atoms with E-state index in [4.69, 9.17) is 0 Å². The number of carbonyl (C=O) groups is 1. The summed E-state index contributed by atoms with van der Waals surface area (Å²) in [6, 6.07) is 7.13. The molecule has 2 aromatic rings. The van der Waals surface area contributed by atoms with Crippen LogP contribution in [0.4, 0.5) is 5.69 Å². The summed E-state index contributed by atoms with van der Waals surface area (Å²) in [5, 5.41) is 2.43. The molecule has 0 fully saturated rings. The topological polar surface area (TPSA) is 108 Å². The molecule has 0 spiro atoms. The van der Waals surface area contributed by atoms with Gasteiger partial charge in [0.25, 0.3) is 5.91 Å². The number of benzene rings is 1. The van der Waals surface area contributed by atoms with Crippen LogP contribution < -0.4 is 15.5 Å². The van der Waals surface area contributed by atoms with Crippen LogP contribution in [-0.4, -0.2) is 26.4 Å². The first-order chi connectivity index (χ1) is 9.95. The van der Waals surface area contributed by atoms with Crippen LogP contribution in [0.1, 0.15) is 10.4 Å². The predicted octanol–water partition coefficient (Wildman–Crippen LogP) is 0.535. The van der Waals surface area contributed by atoms with Crippen LogP contribution in [0.15, 0.2) is 52.4 Å². The van der Waals surface area contributed by atoms with E-state index in [0.29, 0.717) is 0 Å². The number of amides is 1. The summed E-state index contributed by atoms with van der Waals surface area (Å²) in [5.41, 5.74) is -0.463. The number of carbonyl (C=O) groups excluding carboxylic acids is 1. The average molecular weight is 307 g/mol. The number of nitrogens with one attached hydrogen (secondary N) is 3. The van der Waals surface area contributed by atoms with E-state index in [1.807, 2.05) is 0 Å². The van der Waals surface area contributed by atoms with Crippen LogP contribution in [0.5, 0.6) is 0 Å². The molecule has 0 saturated carbocycles. The number of hydrogen-bond acceptors (Lipinski definition) is 4. The molecule has 0 saturated heterocycles. The fourth-order valence-corrected chi connectivity index (χ4v) is 2.58. The second-order valence-corrected chi connectivity index (χ2v) is 5.94. The molecule has 0 aliphatic rings. The first-order valence-electron chi connectivity index (χ1n) is 5.97. The van der Waals surface area contributed by atoms with Gasteiger partial charge in [0.2, 0.25) is 10.0 Å². The highest BCUT2D eigenvalue weighted by Crippen LogP contribution is 2.20. The molecule has 1 amide bonds. The SMILES string of the molecule is CNS(=O)(=O)c1ccccc1NC(=O)c1c[nH]ccc1=O. The van der Waals surface area contributed by atoms with Crippen molar-refractivity contribution in [1.29, 1.82) is 0 Å². The van der Waals surface area contributed by atoms with Crippen molar-refractivity contribution in [1.82, 2.24) is 9.71 Å². The Kier molecular flexibility index (Phi) is 4.20. The molecule has 0 radical (unpaired) electrons. The highest BCUT2D eigenvalue weighted by Gasteiger charge is 2.18. The van der Waals surface area contributed by atoms with E-state index in [-0.39, 0.29) is 16.1 Å². The summed E-state index contributed by atoms with van der Waals surface area (Å²) in [7, 11) is -2.44. The third-order valence-corrected chi connectivity index (χ3v) is 4.23. The van der Waals surface area contributed by atoms with Crippen LogP contribution in [0.2, 0.25) is 0 Å². The zero-order valence-electron chi connectivity index (χ0n) is 11.1. The van der Waals surface area contributed by atoms with Gasteiger partial charge in [-0.15, -0.1) is 0 Å². The van der Waals surface area contributed by atoms with E-state index in [2.05, 4.69) is 15.0 Å². The lowest BCUT2D eigenvalue weighted by molar-refractivity contribution is 0.102. The molecule has 0 aliphatic heterocycles. The maximum Gasteiger partial charge on any atom is 0.261 e. The highest BCUT2D eigenvalue weighted by molar-refractivity contribution is 7.89. The molecular formula is C13H13N3O4S. The van der Waals surface area contributed by atoms with E-state index in [0.717, 1.165) is 0 Å². The zero-order chi connectivity index (χ0) is 15.5. The fraction of sp³-hybridized carbons (Fsp3) is 0.0769. The summed E-state index contributed by atoms with van der Waals surface area (Å²) >= 11 is 0. The Morgan fingerprint density at radius 3 is 2.57 bits per heavy atom. The first kappa shape index (κ1) is 14.9. The average Bonchev–Trinajstić information content (AvgIpc) is 2.48. The number of pyridine rings is 1. The second-order valence-electron chi connectivity index (χ2n) is 4.08. The molecule has 3 N–H and O–H groups in total. The molecule has 110 valence electrons. The van der Waals surface area contributed by atoms with Crippen LogP contribution in [0, 0.1) is 0 Å². The van der Waals surface area contributed by atoms with Crippen molar-refractivity contribution in [3.8, 4) is 0 Å². The Labute approximate surface area is 121 Å². The van der Waals surface area contributed by atoms with Crippen molar-refractivity contribution in [2.45, 2.75) is 4.90 Å². The number of para-hydroxylation sites is 1. The van der Waals surface area contributed by atoms with Crippen molar-refractivity contribution in [2.75, 3.05) is 12.4 Å². The van der Waals surface area contributed by atoms with Gasteiger partial charge in [0, 0.05) is 18.5 Å². The van der Waals surface area contributed by atoms with Gasteiger partial charge in [0.15, 0.2) is 5.43 Å². The smallest absolute Gasteiger partial charge is 0.261 e. The van der Waals surface area contributed by atoms with Crippen molar-refractivity contribution in [2.24, 2.45) is 0 Å². The molecule has 8 heteroatoms. The minimum atomic E-state index is -3.72. The highest BCUT2D eigenvalue weighted by atomic mass is 32.2. The summed E-state index contributed by atoms with van der Waals surface area (Å²) in [6.07, 6.45) is 2.66. The van der Waals surface area contributed by atoms with Crippen molar-refractivity contribution >= 4 is 21.6 Å². The number of aromatic amines is 1. The summed E-state index contributed by atoms with van der Waals surface area (Å²) in [4.78, 5) is 26.2. The minimum Gasteiger partial charge on any atom is -0.367 e. The second kappa shape index (κ2) is 5.90. The number of anilines is 1. The molecule has 1 aromatic heterocycles. The maximum absolute atomic E-state index is 12.1.